The van der Waals surface area contributed by atoms with Crippen LogP contribution in [0.1, 0.15) is 100 Å². The third kappa shape index (κ3) is 8.28. The molecule has 0 saturated carbocycles. The molecule has 0 aliphatic heterocycles. The van der Waals surface area contributed by atoms with Gasteiger partial charge in [-0.3, -0.25) is 6.08 Å². The summed E-state index contributed by atoms with van der Waals surface area (Å²) in [5, 5.41) is 5.49. The summed E-state index contributed by atoms with van der Waals surface area (Å²) >= 11 is 1.55. The first-order valence-electron chi connectivity index (χ1n) is 13.0. The third-order valence-corrected chi connectivity index (χ3v) is 6.80. The van der Waals surface area contributed by atoms with Gasteiger partial charge in [-0.1, -0.05) is 110 Å². The van der Waals surface area contributed by atoms with Gasteiger partial charge in [0, 0.05) is 0 Å². The predicted octanol–water partition coefficient (Wildman–Crippen LogP) is 10.2. The molecule has 1 heteroatoms. The molecule has 0 N–H and O–H groups in total. The van der Waals surface area contributed by atoms with Crippen LogP contribution in [0.5, 0.6) is 0 Å². The fraction of sp³-hybridized carbons (Fsp3) is 0.471. The Balaban J connectivity index is 0.000000257. The van der Waals surface area contributed by atoms with Crippen LogP contribution in [-0.4, -0.2) is 3.21 Å². The minimum absolute atomic E-state index is 0.194. The number of hydrogen-bond acceptors (Lipinski definition) is 0. The van der Waals surface area contributed by atoms with Gasteiger partial charge in [0.2, 0.25) is 0 Å². The zero-order valence-electron chi connectivity index (χ0n) is 24.1. The van der Waals surface area contributed by atoms with Crippen molar-refractivity contribution >= 4 is 24.8 Å². The first kappa shape index (κ1) is 29.8. The molecule has 0 aromatic heterocycles. The molecule has 0 heterocycles. The summed E-state index contributed by atoms with van der Waals surface area (Å²) in [5.41, 5.74) is 5.02. The Morgan fingerprint density at radius 2 is 1.26 bits per heavy atom. The predicted molar refractivity (Wildman–Crippen MR) is 155 cm³/mol. The van der Waals surface area contributed by atoms with Crippen LogP contribution in [0.25, 0.3) is 21.5 Å². The maximum atomic E-state index is 3.20. The molecular formula is C34H46Zr. The van der Waals surface area contributed by atoms with Crippen molar-refractivity contribution in [3.05, 3.63) is 77.4 Å². The Hall–Kier alpha value is -1.46. The van der Waals surface area contributed by atoms with Crippen LogP contribution in [0.15, 0.2) is 60.2 Å². The number of fused-ring (bicyclic) bond motifs is 3. The van der Waals surface area contributed by atoms with Gasteiger partial charge in [-0.2, -0.15) is 11.6 Å². The zero-order chi connectivity index (χ0) is 26.6. The molecule has 0 nitrogen and oxygen atoms in total. The summed E-state index contributed by atoms with van der Waals surface area (Å²) in [6.45, 7) is 24.7. The van der Waals surface area contributed by atoms with Gasteiger partial charge in [-0.25, -0.2) is 6.08 Å². The van der Waals surface area contributed by atoms with Gasteiger partial charge >= 0.3 is 41.3 Å². The van der Waals surface area contributed by atoms with Crippen LogP contribution in [0.4, 0.5) is 0 Å². The van der Waals surface area contributed by atoms with Gasteiger partial charge in [0.25, 0.3) is 0 Å². The van der Waals surface area contributed by atoms with Crippen molar-refractivity contribution in [2.45, 2.75) is 99.8 Å². The summed E-state index contributed by atoms with van der Waals surface area (Å²) < 4.78 is 1.51. The Labute approximate surface area is 230 Å². The normalized spacial score (nSPS) is 13.8. The van der Waals surface area contributed by atoms with E-state index in [1.165, 1.54) is 47.9 Å². The Morgan fingerprint density at radius 3 is 1.57 bits per heavy atom. The second-order valence-electron chi connectivity index (χ2n) is 12.7. The quantitative estimate of drug-likeness (QED) is 0.281. The monoisotopic (exact) mass is 544 g/mol. The van der Waals surface area contributed by atoms with E-state index < -0.39 is 0 Å². The van der Waals surface area contributed by atoms with E-state index in [1.54, 1.807) is 24.2 Å². The molecule has 0 radical (unpaired) electrons. The number of allylic oxidation sites excluding steroid dienone is 4. The average molecular weight is 546 g/mol. The standard InChI is InChI=1S/C21H25.C10H15.C3H6.Zr/c1-20(2,3)16-9-7-14-11-15-8-10-17(21(4,5)6)13-19(15)18(14)12-16;1-4-10(2,3)9-7-5-6-8-9;1-3-2;/h7-13H,1-6H3;7-8H,4-5H2,1-3H3;1-2H3;/q2*-1;;+2. The van der Waals surface area contributed by atoms with Crippen molar-refractivity contribution in [2.24, 2.45) is 5.41 Å². The van der Waals surface area contributed by atoms with Crippen LogP contribution in [0, 0.1) is 11.5 Å². The molecule has 3 aromatic rings. The van der Waals surface area contributed by atoms with E-state index >= 15 is 0 Å². The molecule has 1 aliphatic rings. The summed E-state index contributed by atoms with van der Waals surface area (Å²) in [5.74, 6) is 0. The van der Waals surface area contributed by atoms with Crippen molar-refractivity contribution in [2.75, 3.05) is 0 Å². The van der Waals surface area contributed by atoms with E-state index in [1.807, 2.05) is 0 Å². The van der Waals surface area contributed by atoms with Gasteiger partial charge in [-0.15, -0.1) is 46.2 Å². The first-order chi connectivity index (χ1) is 16.1. The van der Waals surface area contributed by atoms with Gasteiger partial charge < -0.3 is 0 Å². The molecule has 0 bridgehead atoms. The van der Waals surface area contributed by atoms with E-state index in [4.69, 9.17) is 0 Å². The molecule has 0 amide bonds. The van der Waals surface area contributed by atoms with Crippen molar-refractivity contribution in [3.63, 3.8) is 0 Å². The molecule has 0 fully saturated rings. The summed E-state index contributed by atoms with van der Waals surface area (Å²) in [7, 11) is 0. The average Bonchev–Trinajstić information content (AvgIpc) is 3.40. The van der Waals surface area contributed by atoms with E-state index in [0.29, 0.717) is 5.41 Å². The number of rotatable bonds is 2. The molecular weight excluding hydrogens is 500 g/mol. The summed E-state index contributed by atoms with van der Waals surface area (Å²) in [6, 6.07) is 16.1. The van der Waals surface area contributed by atoms with Gasteiger partial charge in [0.15, 0.2) is 0 Å². The van der Waals surface area contributed by atoms with Gasteiger partial charge in [0.05, 0.1) is 0 Å². The third-order valence-electron chi connectivity index (χ3n) is 6.80. The van der Waals surface area contributed by atoms with Gasteiger partial charge in [0.1, 0.15) is 0 Å². The second-order valence-corrected chi connectivity index (χ2v) is 15.2. The van der Waals surface area contributed by atoms with Crippen LogP contribution in [-0.2, 0) is 35.1 Å². The van der Waals surface area contributed by atoms with Gasteiger partial charge in [-0.05, 0) is 10.8 Å². The second kappa shape index (κ2) is 11.7. The number of hydrogen-bond donors (Lipinski definition) is 0. The summed E-state index contributed by atoms with van der Waals surface area (Å²) in [6.07, 6.45) is 9.81. The van der Waals surface area contributed by atoms with Crippen molar-refractivity contribution in [1.29, 1.82) is 0 Å². The zero-order valence-corrected chi connectivity index (χ0v) is 26.6. The molecule has 0 saturated heterocycles. The fourth-order valence-electron chi connectivity index (χ4n) is 4.00. The van der Waals surface area contributed by atoms with E-state index in [9.17, 15) is 0 Å². The Bertz CT molecular complexity index is 1140. The Kier molecular flexibility index (Phi) is 9.98. The van der Waals surface area contributed by atoms with E-state index in [-0.39, 0.29) is 10.8 Å². The topological polar surface area (TPSA) is 0 Å². The SMILES string of the molecule is CC(C)(C)c1ccc2[cH-]c3ccc(C(C)(C)C)cc3c2c1.CCC(C)(C)C1=CC[C-]=C1.C[C](C)=[Zr+2]. The van der Waals surface area contributed by atoms with E-state index in [0.717, 1.165) is 6.42 Å². The van der Waals surface area contributed by atoms with Crippen LogP contribution < -0.4 is 0 Å². The van der Waals surface area contributed by atoms with Crippen LogP contribution in [0.2, 0.25) is 0 Å². The van der Waals surface area contributed by atoms with Crippen molar-refractivity contribution < 1.29 is 24.2 Å². The maximum absolute atomic E-state index is 3.20. The minimum atomic E-state index is 0.194. The number of benzene rings is 2. The molecule has 35 heavy (non-hydrogen) atoms. The molecule has 0 unspecified atom stereocenters. The Morgan fingerprint density at radius 1 is 0.829 bits per heavy atom. The molecule has 1 aliphatic carbocycles. The fourth-order valence-corrected chi connectivity index (χ4v) is 4.00. The van der Waals surface area contributed by atoms with Crippen LogP contribution in [0.3, 0.4) is 0 Å². The molecule has 0 atom stereocenters. The summed E-state index contributed by atoms with van der Waals surface area (Å²) in [4.78, 5) is 0. The van der Waals surface area contributed by atoms with Crippen molar-refractivity contribution in [3.8, 4) is 0 Å². The molecule has 186 valence electrons. The molecule has 4 rings (SSSR count). The van der Waals surface area contributed by atoms with E-state index in [2.05, 4.69) is 137 Å². The molecule has 3 aromatic carbocycles. The van der Waals surface area contributed by atoms with Crippen molar-refractivity contribution in [1.82, 2.24) is 0 Å². The molecule has 0 spiro atoms. The van der Waals surface area contributed by atoms with Crippen LogP contribution >= 0.6 is 0 Å². The first-order valence-corrected chi connectivity index (χ1v) is 14.2.